The van der Waals surface area contributed by atoms with Crippen LogP contribution in [0, 0.1) is 5.41 Å². The molecule has 1 aliphatic carbocycles. The van der Waals surface area contributed by atoms with Gasteiger partial charge in [0.25, 0.3) is 0 Å². The number of carbonyl (C=O) groups is 1. The van der Waals surface area contributed by atoms with E-state index in [9.17, 15) is 4.79 Å². The minimum atomic E-state index is -0.429. The highest BCUT2D eigenvalue weighted by Gasteiger charge is 2.48. The molecule has 1 unspecified atom stereocenters. The SMILES string of the molecule is Cn1nccc1CCNC1CCN(C(=O)OC(C)(C)C)CC12CCC2. The summed E-state index contributed by atoms with van der Waals surface area (Å²) in [5.74, 6) is 0. The monoisotopic (exact) mass is 348 g/mol. The predicted molar refractivity (Wildman–Crippen MR) is 97.4 cm³/mol. The third-order valence-electron chi connectivity index (χ3n) is 5.63. The van der Waals surface area contributed by atoms with Gasteiger partial charge in [0.1, 0.15) is 5.60 Å². The van der Waals surface area contributed by atoms with Crippen molar-refractivity contribution in [2.75, 3.05) is 19.6 Å². The van der Waals surface area contributed by atoms with Crippen molar-refractivity contribution in [3.63, 3.8) is 0 Å². The van der Waals surface area contributed by atoms with Crippen LogP contribution in [0.25, 0.3) is 0 Å². The summed E-state index contributed by atoms with van der Waals surface area (Å²) >= 11 is 0. The fraction of sp³-hybridized carbons (Fsp3) is 0.789. The molecule has 1 amide bonds. The Morgan fingerprint density at radius 1 is 1.44 bits per heavy atom. The molecule has 1 atom stereocenters. The van der Waals surface area contributed by atoms with Gasteiger partial charge in [-0.1, -0.05) is 6.42 Å². The maximum absolute atomic E-state index is 12.4. The number of rotatable bonds is 4. The first-order valence-corrected chi connectivity index (χ1v) is 9.47. The highest BCUT2D eigenvalue weighted by molar-refractivity contribution is 5.68. The zero-order chi connectivity index (χ0) is 18.1. The molecule has 6 nitrogen and oxygen atoms in total. The topological polar surface area (TPSA) is 59.4 Å². The fourth-order valence-electron chi connectivity index (χ4n) is 4.12. The molecule has 2 aliphatic rings. The quantitative estimate of drug-likeness (QED) is 0.909. The molecule has 1 spiro atoms. The van der Waals surface area contributed by atoms with Crippen molar-refractivity contribution < 1.29 is 9.53 Å². The van der Waals surface area contributed by atoms with Gasteiger partial charge in [-0.05, 0) is 46.1 Å². The van der Waals surface area contributed by atoms with E-state index in [4.69, 9.17) is 4.74 Å². The van der Waals surface area contributed by atoms with Crippen molar-refractivity contribution in [2.45, 2.75) is 64.5 Å². The maximum atomic E-state index is 12.4. The Morgan fingerprint density at radius 2 is 2.20 bits per heavy atom. The number of likely N-dealkylation sites (tertiary alicyclic amines) is 1. The predicted octanol–water partition coefficient (Wildman–Crippen LogP) is 2.73. The lowest BCUT2D eigenvalue weighted by molar-refractivity contribution is -0.0323. The second-order valence-electron chi connectivity index (χ2n) is 8.61. The zero-order valence-electron chi connectivity index (χ0n) is 16.0. The van der Waals surface area contributed by atoms with Crippen molar-refractivity contribution >= 4 is 6.09 Å². The Bertz CT molecular complexity index is 601. The first-order valence-electron chi connectivity index (χ1n) is 9.47. The standard InChI is InChI=1S/C19H32N4O2/c1-18(2,3)25-17(24)23-13-8-16(19(14-23)9-5-10-19)20-11-6-15-7-12-21-22(15)4/h7,12,16,20H,5-6,8-11,13-14H2,1-4H3. The van der Waals surface area contributed by atoms with Crippen molar-refractivity contribution in [3.05, 3.63) is 18.0 Å². The van der Waals surface area contributed by atoms with E-state index in [1.165, 1.54) is 25.0 Å². The number of hydrogen-bond acceptors (Lipinski definition) is 4. The van der Waals surface area contributed by atoms with E-state index in [2.05, 4.69) is 16.5 Å². The molecule has 1 aromatic heterocycles. The number of nitrogens with zero attached hydrogens (tertiary/aromatic N) is 3. The van der Waals surface area contributed by atoms with Gasteiger partial charge in [0.15, 0.2) is 0 Å². The van der Waals surface area contributed by atoms with Gasteiger partial charge in [-0.2, -0.15) is 5.10 Å². The third-order valence-corrected chi connectivity index (χ3v) is 5.63. The third kappa shape index (κ3) is 4.17. The first-order chi connectivity index (χ1) is 11.8. The summed E-state index contributed by atoms with van der Waals surface area (Å²) in [7, 11) is 1.99. The molecule has 25 heavy (non-hydrogen) atoms. The Kier molecular flexibility index (Phi) is 5.09. The van der Waals surface area contributed by atoms with Crippen LogP contribution in [0.2, 0.25) is 0 Å². The lowest BCUT2D eigenvalue weighted by Gasteiger charge is -2.54. The highest BCUT2D eigenvalue weighted by Crippen LogP contribution is 2.47. The number of amides is 1. The first kappa shape index (κ1) is 18.2. The highest BCUT2D eigenvalue weighted by atomic mass is 16.6. The normalized spacial score (nSPS) is 22.7. The van der Waals surface area contributed by atoms with Crippen LogP contribution in [0.1, 0.15) is 52.1 Å². The van der Waals surface area contributed by atoms with Gasteiger partial charge in [-0.3, -0.25) is 4.68 Å². The molecule has 2 heterocycles. The van der Waals surface area contributed by atoms with E-state index in [0.717, 1.165) is 32.5 Å². The smallest absolute Gasteiger partial charge is 0.410 e. The molecule has 2 fully saturated rings. The number of piperidine rings is 1. The molecule has 1 saturated heterocycles. The molecule has 0 radical (unpaired) electrons. The molecule has 6 heteroatoms. The fourth-order valence-corrected chi connectivity index (χ4v) is 4.12. The summed E-state index contributed by atoms with van der Waals surface area (Å²) in [4.78, 5) is 14.3. The largest absolute Gasteiger partial charge is 0.444 e. The van der Waals surface area contributed by atoms with Crippen LogP contribution in [0.3, 0.4) is 0 Å². The Labute approximate surface area is 150 Å². The lowest BCUT2D eigenvalue weighted by atomic mass is 9.61. The summed E-state index contributed by atoms with van der Waals surface area (Å²) in [6, 6.07) is 2.57. The van der Waals surface area contributed by atoms with E-state index in [1.807, 2.05) is 43.6 Å². The van der Waals surface area contributed by atoms with Crippen molar-refractivity contribution in [1.29, 1.82) is 0 Å². The van der Waals surface area contributed by atoms with Gasteiger partial charge in [0, 0.05) is 56.5 Å². The molecule has 0 bridgehead atoms. The minimum Gasteiger partial charge on any atom is -0.444 e. The number of hydrogen-bond donors (Lipinski definition) is 1. The van der Waals surface area contributed by atoms with Gasteiger partial charge < -0.3 is 15.0 Å². The second-order valence-corrected chi connectivity index (χ2v) is 8.61. The van der Waals surface area contributed by atoms with Gasteiger partial charge in [0.2, 0.25) is 0 Å². The minimum absolute atomic E-state index is 0.160. The Morgan fingerprint density at radius 3 is 2.76 bits per heavy atom. The van der Waals surface area contributed by atoms with Crippen LogP contribution in [-0.2, 0) is 18.2 Å². The number of ether oxygens (including phenoxy) is 1. The van der Waals surface area contributed by atoms with Crippen LogP contribution in [-0.4, -0.2) is 52.1 Å². The summed E-state index contributed by atoms with van der Waals surface area (Å²) < 4.78 is 7.51. The van der Waals surface area contributed by atoms with Crippen molar-refractivity contribution in [1.82, 2.24) is 20.0 Å². The van der Waals surface area contributed by atoms with Crippen LogP contribution in [0.5, 0.6) is 0 Å². The van der Waals surface area contributed by atoms with E-state index >= 15 is 0 Å². The van der Waals surface area contributed by atoms with E-state index in [0.29, 0.717) is 6.04 Å². The van der Waals surface area contributed by atoms with Gasteiger partial charge in [-0.25, -0.2) is 4.79 Å². The van der Waals surface area contributed by atoms with Gasteiger partial charge in [0.05, 0.1) is 0 Å². The molecule has 1 aromatic rings. The molecular weight excluding hydrogens is 316 g/mol. The Balaban J connectivity index is 1.54. The lowest BCUT2D eigenvalue weighted by Crippen LogP contribution is -2.61. The van der Waals surface area contributed by atoms with Crippen LogP contribution in [0.15, 0.2) is 12.3 Å². The van der Waals surface area contributed by atoms with Crippen molar-refractivity contribution in [2.24, 2.45) is 12.5 Å². The van der Waals surface area contributed by atoms with E-state index in [-0.39, 0.29) is 11.5 Å². The second kappa shape index (κ2) is 6.98. The molecule has 1 N–H and O–H groups in total. The molecular formula is C19H32N4O2. The summed E-state index contributed by atoms with van der Waals surface area (Å²) in [6.07, 6.45) is 7.35. The van der Waals surface area contributed by atoms with Crippen LogP contribution < -0.4 is 5.32 Å². The van der Waals surface area contributed by atoms with Gasteiger partial charge >= 0.3 is 6.09 Å². The maximum Gasteiger partial charge on any atom is 0.410 e. The average Bonchev–Trinajstić information content (AvgIpc) is 2.89. The number of carbonyl (C=O) groups excluding carboxylic acids is 1. The summed E-state index contributed by atoms with van der Waals surface area (Å²) in [5.41, 5.74) is 1.06. The number of aromatic nitrogens is 2. The molecule has 3 rings (SSSR count). The molecule has 140 valence electrons. The summed E-state index contributed by atoms with van der Waals surface area (Å²) in [5, 5.41) is 8.00. The van der Waals surface area contributed by atoms with E-state index < -0.39 is 5.60 Å². The Hall–Kier alpha value is -1.56. The average molecular weight is 348 g/mol. The van der Waals surface area contributed by atoms with Crippen LogP contribution in [0.4, 0.5) is 4.79 Å². The summed E-state index contributed by atoms with van der Waals surface area (Å²) in [6.45, 7) is 8.34. The number of aryl methyl sites for hydroxylation is 1. The zero-order valence-corrected chi connectivity index (χ0v) is 16.0. The van der Waals surface area contributed by atoms with E-state index in [1.54, 1.807) is 0 Å². The number of nitrogens with one attached hydrogen (secondary N) is 1. The molecule has 0 aromatic carbocycles. The molecule has 1 aliphatic heterocycles. The molecule has 1 saturated carbocycles. The van der Waals surface area contributed by atoms with Crippen LogP contribution >= 0.6 is 0 Å². The van der Waals surface area contributed by atoms with Crippen molar-refractivity contribution in [3.8, 4) is 0 Å². The van der Waals surface area contributed by atoms with Gasteiger partial charge in [-0.15, -0.1) is 0 Å².